The number of hydrazine groups is 1. The summed E-state index contributed by atoms with van der Waals surface area (Å²) >= 11 is 0. The van der Waals surface area contributed by atoms with Gasteiger partial charge >= 0.3 is 5.97 Å². The molecule has 2 heterocycles. The summed E-state index contributed by atoms with van der Waals surface area (Å²) < 4.78 is 0. The minimum Gasteiger partial charge on any atom is -0.481 e. The number of nitrogens with zero attached hydrogens (tertiary/aromatic N) is 1. The number of H-pyrrole nitrogens is 1. The number of aromatic amines is 1. The summed E-state index contributed by atoms with van der Waals surface area (Å²) in [5.41, 5.74) is 7.12. The Labute approximate surface area is 235 Å². The Bertz CT molecular complexity index is 1300. The maximum atomic E-state index is 14.8. The van der Waals surface area contributed by atoms with E-state index >= 15 is 0 Å². The number of hydrogen-bond donors (Lipinski definition) is 5. The van der Waals surface area contributed by atoms with Crippen molar-refractivity contribution in [3.63, 3.8) is 0 Å². The molecule has 9 heteroatoms. The molecule has 1 aromatic heterocycles. The van der Waals surface area contributed by atoms with E-state index in [2.05, 4.69) is 38.3 Å². The Kier molecular flexibility index (Phi) is 9.50. The van der Waals surface area contributed by atoms with Crippen LogP contribution < -0.4 is 16.2 Å². The number of carbonyl (C=O) groups excluding carboxylic acids is 2. The number of imidazole rings is 1. The van der Waals surface area contributed by atoms with Gasteiger partial charge in [0, 0.05) is 38.2 Å². The molecule has 0 radical (unpaired) electrons. The summed E-state index contributed by atoms with van der Waals surface area (Å²) in [6.45, 7) is 2.35. The summed E-state index contributed by atoms with van der Waals surface area (Å²) in [4.78, 5) is 47.9. The molecule has 0 bridgehead atoms. The number of rotatable bonds is 13. The zero-order valence-corrected chi connectivity index (χ0v) is 23.2. The predicted octanol–water partition coefficient (Wildman–Crippen LogP) is 3.78. The van der Waals surface area contributed by atoms with Gasteiger partial charge in [-0.25, -0.2) is 10.4 Å². The van der Waals surface area contributed by atoms with Gasteiger partial charge in [0.2, 0.25) is 5.91 Å². The maximum absolute atomic E-state index is 14.8. The number of benzene rings is 2. The van der Waals surface area contributed by atoms with Crippen molar-refractivity contribution in [1.29, 1.82) is 0 Å². The maximum Gasteiger partial charge on any atom is 0.303 e. The lowest BCUT2D eigenvalue weighted by Gasteiger charge is -2.52. The molecule has 1 fully saturated rings. The fourth-order valence-corrected chi connectivity index (χ4v) is 6.38. The summed E-state index contributed by atoms with van der Waals surface area (Å²) in [7, 11) is 1.57. The number of hydrogen-bond acceptors (Lipinski definition) is 6. The second-order valence-electron chi connectivity index (χ2n) is 10.5. The molecule has 3 aromatic rings. The van der Waals surface area contributed by atoms with Gasteiger partial charge in [0.25, 0.3) is 0 Å². The third kappa shape index (κ3) is 5.71. The summed E-state index contributed by atoms with van der Waals surface area (Å²) in [5.74, 6) is -1.73. The van der Waals surface area contributed by atoms with Gasteiger partial charge in [-0.15, -0.1) is 0 Å². The number of likely N-dealkylation sites (N-methyl/N-ethyl adjacent to an activating group) is 1. The van der Waals surface area contributed by atoms with Gasteiger partial charge in [-0.05, 0) is 49.1 Å². The SMILES string of the molecule is CC[C@]1(C(=O)NC)NNCC[C@]1(C(=O)CC(CCCc1ccccc1)CC(=O)O)c1ccccc1-c1c[nH]cn1. The first-order chi connectivity index (χ1) is 19.4. The molecule has 4 rings (SSSR count). The molecule has 9 nitrogen and oxygen atoms in total. The number of carboxylic acid groups (broad SMARTS) is 1. The van der Waals surface area contributed by atoms with Gasteiger partial charge in [0.1, 0.15) is 11.3 Å². The lowest BCUT2D eigenvalue weighted by atomic mass is 9.56. The van der Waals surface area contributed by atoms with E-state index in [1.54, 1.807) is 19.6 Å². The highest BCUT2D eigenvalue weighted by Gasteiger charge is 2.62. The molecule has 3 atom stereocenters. The van der Waals surface area contributed by atoms with E-state index in [1.165, 1.54) is 5.56 Å². The number of carboxylic acids is 1. The van der Waals surface area contributed by atoms with Crippen molar-refractivity contribution in [2.24, 2.45) is 5.92 Å². The molecule has 0 saturated carbocycles. The molecule has 0 spiro atoms. The lowest BCUT2D eigenvalue weighted by molar-refractivity contribution is -0.144. The number of aliphatic carboxylic acids is 1. The summed E-state index contributed by atoms with van der Waals surface area (Å²) in [6, 6.07) is 17.6. The number of nitrogens with one attached hydrogen (secondary N) is 4. The zero-order valence-electron chi connectivity index (χ0n) is 23.2. The van der Waals surface area contributed by atoms with E-state index in [0.29, 0.717) is 37.1 Å². The molecule has 5 N–H and O–H groups in total. The molecule has 1 saturated heterocycles. The number of amides is 1. The largest absolute Gasteiger partial charge is 0.481 e. The van der Waals surface area contributed by atoms with Gasteiger partial charge in [-0.1, -0.05) is 61.5 Å². The van der Waals surface area contributed by atoms with Gasteiger partial charge < -0.3 is 15.4 Å². The summed E-state index contributed by atoms with van der Waals surface area (Å²) in [6.07, 6.45) is 6.16. The lowest BCUT2D eigenvalue weighted by Crippen LogP contribution is -2.76. The fraction of sp³-hybridized carbons (Fsp3) is 0.419. The second-order valence-corrected chi connectivity index (χ2v) is 10.5. The minimum atomic E-state index is -1.30. The molecule has 0 aliphatic carbocycles. The number of Topliss-reactive ketones (excluding diaryl/α,β-unsaturated/α-hetero) is 1. The Morgan fingerprint density at radius 3 is 2.50 bits per heavy atom. The third-order valence-corrected chi connectivity index (χ3v) is 8.30. The molecule has 212 valence electrons. The molecular formula is C31H39N5O4. The first kappa shape index (κ1) is 29.2. The van der Waals surface area contributed by atoms with Crippen molar-refractivity contribution in [3.05, 3.63) is 78.2 Å². The first-order valence-electron chi connectivity index (χ1n) is 14.0. The average molecular weight is 546 g/mol. The Balaban J connectivity index is 1.77. The van der Waals surface area contributed by atoms with Gasteiger partial charge in [0.15, 0.2) is 0 Å². The summed E-state index contributed by atoms with van der Waals surface area (Å²) in [5, 5.41) is 12.5. The van der Waals surface area contributed by atoms with Crippen LogP contribution in [-0.2, 0) is 26.2 Å². The quantitative estimate of drug-likeness (QED) is 0.221. The normalized spacial score (nSPS) is 21.4. The van der Waals surface area contributed by atoms with Crippen molar-refractivity contribution in [3.8, 4) is 11.3 Å². The Morgan fingerprint density at radius 2 is 1.82 bits per heavy atom. The molecule has 1 unspecified atom stereocenters. The number of aryl methyl sites for hydroxylation is 1. The van der Waals surface area contributed by atoms with Crippen molar-refractivity contribution < 1.29 is 19.5 Å². The van der Waals surface area contributed by atoms with Crippen LogP contribution in [0.1, 0.15) is 56.6 Å². The van der Waals surface area contributed by atoms with Crippen LogP contribution >= 0.6 is 0 Å². The van der Waals surface area contributed by atoms with Crippen LogP contribution in [0.4, 0.5) is 0 Å². The topological polar surface area (TPSA) is 136 Å². The van der Waals surface area contributed by atoms with Crippen molar-refractivity contribution in [1.82, 2.24) is 26.1 Å². The molecule has 1 aliphatic rings. The average Bonchev–Trinajstić information content (AvgIpc) is 3.52. The Morgan fingerprint density at radius 1 is 1.07 bits per heavy atom. The van der Waals surface area contributed by atoms with Crippen LogP contribution in [0.15, 0.2) is 67.1 Å². The highest BCUT2D eigenvalue weighted by Crippen LogP contribution is 2.48. The van der Waals surface area contributed by atoms with Gasteiger partial charge in [-0.2, -0.15) is 0 Å². The molecule has 1 aliphatic heterocycles. The van der Waals surface area contributed by atoms with Crippen LogP contribution in [0.2, 0.25) is 0 Å². The molecular weight excluding hydrogens is 506 g/mol. The van der Waals surface area contributed by atoms with Crippen molar-refractivity contribution >= 4 is 17.7 Å². The van der Waals surface area contributed by atoms with Crippen LogP contribution in [0.5, 0.6) is 0 Å². The number of ketones is 1. The number of aromatic nitrogens is 2. The van der Waals surface area contributed by atoms with E-state index in [0.717, 1.165) is 18.4 Å². The van der Waals surface area contributed by atoms with E-state index in [1.807, 2.05) is 49.4 Å². The van der Waals surface area contributed by atoms with Crippen molar-refractivity contribution in [2.75, 3.05) is 13.6 Å². The van der Waals surface area contributed by atoms with Crippen LogP contribution in [0.25, 0.3) is 11.3 Å². The van der Waals surface area contributed by atoms with E-state index < -0.39 is 16.9 Å². The highest BCUT2D eigenvalue weighted by atomic mass is 16.4. The molecule has 1 amide bonds. The van der Waals surface area contributed by atoms with Crippen LogP contribution in [0.3, 0.4) is 0 Å². The first-order valence-corrected chi connectivity index (χ1v) is 14.0. The zero-order chi connectivity index (χ0) is 28.6. The molecule has 2 aromatic carbocycles. The van der Waals surface area contributed by atoms with Gasteiger partial charge in [-0.3, -0.25) is 19.8 Å². The number of carbonyl (C=O) groups is 3. The van der Waals surface area contributed by atoms with Crippen LogP contribution in [0, 0.1) is 5.92 Å². The van der Waals surface area contributed by atoms with Crippen LogP contribution in [-0.4, -0.2) is 51.9 Å². The smallest absolute Gasteiger partial charge is 0.303 e. The van der Waals surface area contributed by atoms with E-state index in [-0.39, 0.29) is 30.4 Å². The highest BCUT2D eigenvalue weighted by molar-refractivity contribution is 6.03. The predicted molar refractivity (Wildman–Crippen MR) is 153 cm³/mol. The van der Waals surface area contributed by atoms with Crippen molar-refractivity contribution in [2.45, 2.75) is 62.8 Å². The van der Waals surface area contributed by atoms with E-state index in [4.69, 9.17) is 0 Å². The second kappa shape index (κ2) is 13.0. The third-order valence-electron chi connectivity index (χ3n) is 8.30. The standard InChI is InChI=1S/C31H39N5O4/c1-3-31(29(40)32-2)30(16-17-35-36-31,25-15-8-7-14-24(25)26-20-33-21-34-26)27(37)18-23(19-28(38)39)13-9-12-22-10-5-4-6-11-22/h4-8,10-11,14-15,20-21,23,35-36H,3,9,12-13,16-19H2,1-2H3,(H,32,40)(H,33,34)(H,38,39)/t23?,30-,31-/m1/s1. The molecule has 40 heavy (non-hydrogen) atoms. The van der Waals surface area contributed by atoms with Gasteiger partial charge in [0.05, 0.1) is 17.4 Å². The Hall–Kier alpha value is -3.82. The monoisotopic (exact) mass is 545 g/mol. The minimum absolute atomic E-state index is 0.0520. The van der Waals surface area contributed by atoms with E-state index in [9.17, 15) is 19.5 Å². The fourth-order valence-electron chi connectivity index (χ4n) is 6.38.